The van der Waals surface area contributed by atoms with Crippen LogP contribution in [0.1, 0.15) is 0 Å². The van der Waals surface area contributed by atoms with Crippen molar-refractivity contribution in [2.45, 2.75) is 0 Å². The van der Waals surface area contributed by atoms with Crippen molar-refractivity contribution < 1.29 is 0 Å². The van der Waals surface area contributed by atoms with E-state index in [-0.39, 0.29) is 10.3 Å². The maximum absolute atomic E-state index is 5.96. The van der Waals surface area contributed by atoms with Gasteiger partial charge in [-0.3, -0.25) is 0 Å². The molecule has 0 radical (unpaired) electrons. The molecule has 0 saturated heterocycles. The van der Waals surface area contributed by atoms with Crippen LogP contribution in [-0.2, 0) is 0 Å². The summed E-state index contributed by atoms with van der Waals surface area (Å²) in [5.41, 5.74) is 0. The van der Waals surface area contributed by atoms with Gasteiger partial charge >= 0.3 is 0 Å². The molecule has 0 unspecified atom stereocenters. The van der Waals surface area contributed by atoms with Crippen LogP contribution in [0.25, 0.3) is 10.8 Å². The van der Waals surface area contributed by atoms with Crippen LogP contribution < -0.4 is 0 Å². The third kappa shape index (κ3) is 1.52. The van der Waals surface area contributed by atoms with Gasteiger partial charge in [0.25, 0.3) is 0 Å². The molecule has 72 valence electrons. The summed E-state index contributed by atoms with van der Waals surface area (Å²) in [6.45, 7) is 0. The fourth-order valence-corrected chi connectivity index (χ4v) is 2.01. The molecule has 2 aromatic rings. The Morgan fingerprint density at radius 3 is 2.21 bits per heavy atom. The summed E-state index contributed by atoms with van der Waals surface area (Å²) in [4.78, 5) is 0. The van der Waals surface area contributed by atoms with Gasteiger partial charge in [0.15, 0.2) is 10.3 Å². The van der Waals surface area contributed by atoms with E-state index in [1.54, 1.807) is 12.1 Å². The summed E-state index contributed by atoms with van der Waals surface area (Å²) in [6, 6.07) is 3.34. The van der Waals surface area contributed by atoms with Crippen molar-refractivity contribution in [1.82, 2.24) is 10.2 Å². The summed E-state index contributed by atoms with van der Waals surface area (Å²) >= 11 is 23.4. The Labute approximate surface area is 99.7 Å². The van der Waals surface area contributed by atoms with Gasteiger partial charge in [-0.15, -0.1) is 10.2 Å². The van der Waals surface area contributed by atoms with Gasteiger partial charge < -0.3 is 0 Å². The molecule has 6 heteroatoms. The van der Waals surface area contributed by atoms with Gasteiger partial charge in [-0.05, 0) is 12.1 Å². The summed E-state index contributed by atoms with van der Waals surface area (Å²) in [7, 11) is 0. The minimum Gasteiger partial charge on any atom is -0.136 e. The Morgan fingerprint density at radius 1 is 0.857 bits per heavy atom. The van der Waals surface area contributed by atoms with Crippen molar-refractivity contribution in [2.24, 2.45) is 0 Å². The first-order chi connectivity index (χ1) is 6.61. The third-order valence-corrected chi connectivity index (χ3v) is 3.10. The van der Waals surface area contributed by atoms with Crippen LogP contribution in [0.4, 0.5) is 0 Å². The molecule has 0 spiro atoms. The van der Waals surface area contributed by atoms with E-state index in [4.69, 9.17) is 46.4 Å². The predicted octanol–water partition coefficient (Wildman–Crippen LogP) is 4.24. The van der Waals surface area contributed by atoms with Gasteiger partial charge in [0.05, 0.1) is 10.0 Å². The first-order valence-corrected chi connectivity index (χ1v) is 5.08. The summed E-state index contributed by atoms with van der Waals surface area (Å²) in [5.74, 6) is 0. The lowest BCUT2D eigenvalue weighted by atomic mass is 10.2. The number of fused-ring (bicyclic) bond motifs is 1. The van der Waals surface area contributed by atoms with Crippen LogP contribution in [0.5, 0.6) is 0 Å². The Kier molecular flexibility index (Phi) is 2.71. The highest BCUT2D eigenvalue weighted by atomic mass is 35.5. The van der Waals surface area contributed by atoms with Crippen molar-refractivity contribution in [2.75, 3.05) is 0 Å². The molecular formula is C8H2Cl4N2. The fraction of sp³-hybridized carbons (Fsp3) is 0. The molecule has 1 aromatic heterocycles. The maximum Gasteiger partial charge on any atom is 0.161 e. The number of halogens is 4. The molecule has 0 bridgehead atoms. The topological polar surface area (TPSA) is 25.8 Å². The largest absolute Gasteiger partial charge is 0.161 e. The van der Waals surface area contributed by atoms with Crippen LogP contribution in [0.3, 0.4) is 0 Å². The van der Waals surface area contributed by atoms with Crippen LogP contribution in [0.2, 0.25) is 20.4 Å². The second kappa shape index (κ2) is 3.70. The Bertz CT molecular complexity index is 512. The second-order valence-corrected chi connectivity index (χ2v) is 4.07. The third-order valence-electron chi connectivity index (χ3n) is 1.75. The minimum absolute atomic E-state index is 0.192. The Hall–Kier alpha value is -0.280. The van der Waals surface area contributed by atoms with Gasteiger partial charge in [-0.25, -0.2) is 0 Å². The lowest BCUT2D eigenvalue weighted by molar-refractivity contribution is 1.05. The van der Waals surface area contributed by atoms with Crippen LogP contribution in [0, 0.1) is 0 Å². The highest BCUT2D eigenvalue weighted by Gasteiger charge is 2.11. The molecule has 14 heavy (non-hydrogen) atoms. The van der Waals surface area contributed by atoms with E-state index in [1.807, 2.05) is 0 Å². The first kappa shape index (κ1) is 10.2. The van der Waals surface area contributed by atoms with Crippen LogP contribution in [0.15, 0.2) is 12.1 Å². The molecule has 0 saturated carbocycles. The summed E-state index contributed by atoms with van der Waals surface area (Å²) in [5, 5.41) is 9.67. The summed E-state index contributed by atoms with van der Waals surface area (Å²) in [6.07, 6.45) is 0. The molecule has 0 amide bonds. The number of hydrogen-bond donors (Lipinski definition) is 0. The van der Waals surface area contributed by atoms with E-state index in [1.165, 1.54) is 0 Å². The van der Waals surface area contributed by atoms with Gasteiger partial charge in [0.2, 0.25) is 0 Å². The Balaban J connectivity index is 3.01. The lowest BCUT2D eigenvalue weighted by Crippen LogP contribution is -1.87. The minimum atomic E-state index is 0.192. The van der Waals surface area contributed by atoms with E-state index in [2.05, 4.69) is 10.2 Å². The number of hydrogen-bond acceptors (Lipinski definition) is 2. The monoisotopic (exact) mass is 266 g/mol. The standard InChI is InChI=1S/C8H2Cl4N2/c9-4-2-1-3-5(6(4)10)8(12)14-13-7(3)11/h1-2H. The average Bonchev–Trinajstić information content (AvgIpc) is 2.16. The van der Waals surface area contributed by atoms with E-state index < -0.39 is 0 Å². The highest BCUT2D eigenvalue weighted by Crippen LogP contribution is 2.36. The quantitative estimate of drug-likeness (QED) is 0.713. The lowest BCUT2D eigenvalue weighted by Gasteiger charge is -2.04. The molecule has 0 N–H and O–H groups in total. The predicted molar refractivity (Wildman–Crippen MR) is 59.6 cm³/mol. The van der Waals surface area contributed by atoms with E-state index in [0.29, 0.717) is 20.8 Å². The van der Waals surface area contributed by atoms with Crippen LogP contribution in [-0.4, -0.2) is 10.2 Å². The number of nitrogens with zero attached hydrogens (tertiary/aromatic N) is 2. The number of rotatable bonds is 0. The molecule has 0 aliphatic rings. The van der Waals surface area contributed by atoms with E-state index >= 15 is 0 Å². The maximum atomic E-state index is 5.96. The molecule has 2 nitrogen and oxygen atoms in total. The first-order valence-electron chi connectivity index (χ1n) is 3.56. The van der Waals surface area contributed by atoms with Crippen molar-refractivity contribution in [3.63, 3.8) is 0 Å². The van der Waals surface area contributed by atoms with Crippen molar-refractivity contribution >= 4 is 57.2 Å². The zero-order valence-corrected chi connectivity index (χ0v) is 9.58. The van der Waals surface area contributed by atoms with E-state index in [9.17, 15) is 0 Å². The Morgan fingerprint density at radius 2 is 1.50 bits per heavy atom. The van der Waals surface area contributed by atoms with Gasteiger partial charge in [-0.2, -0.15) is 0 Å². The highest BCUT2D eigenvalue weighted by molar-refractivity contribution is 6.48. The molecule has 1 aromatic carbocycles. The number of aromatic nitrogens is 2. The zero-order chi connectivity index (χ0) is 10.3. The molecule has 0 atom stereocenters. The van der Waals surface area contributed by atoms with Crippen LogP contribution >= 0.6 is 46.4 Å². The molecule has 0 aliphatic heterocycles. The molecular weight excluding hydrogens is 266 g/mol. The smallest absolute Gasteiger partial charge is 0.136 e. The SMILES string of the molecule is Clc1ccc2c(Cl)nnc(Cl)c2c1Cl. The second-order valence-electron chi connectivity index (χ2n) is 2.57. The molecule has 1 heterocycles. The number of benzene rings is 1. The van der Waals surface area contributed by atoms with Crippen molar-refractivity contribution in [3.05, 3.63) is 32.5 Å². The normalized spacial score (nSPS) is 10.9. The summed E-state index contributed by atoms with van der Waals surface area (Å²) < 4.78 is 0. The molecule has 2 rings (SSSR count). The van der Waals surface area contributed by atoms with Gasteiger partial charge in [0.1, 0.15) is 0 Å². The fourth-order valence-electron chi connectivity index (χ4n) is 1.12. The van der Waals surface area contributed by atoms with Crippen molar-refractivity contribution in [1.29, 1.82) is 0 Å². The van der Waals surface area contributed by atoms with Gasteiger partial charge in [-0.1, -0.05) is 46.4 Å². The average molecular weight is 268 g/mol. The van der Waals surface area contributed by atoms with E-state index in [0.717, 1.165) is 0 Å². The van der Waals surface area contributed by atoms with Gasteiger partial charge in [0, 0.05) is 10.8 Å². The zero-order valence-electron chi connectivity index (χ0n) is 6.56. The van der Waals surface area contributed by atoms with Crippen molar-refractivity contribution in [3.8, 4) is 0 Å². The molecule has 0 fully saturated rings. The molecule has 0 aliphatic carbocycles.